The zero-order valence-corrected chi connectivity index (χ0v) is 11.7. The molecule has 0 bridgehead atoms. The third-order valence-corrected chi connectivity index (χ3v) is 4.40. The monoisotopic (exact) mass is 283 g/mol. The molecule has 4 heteroatoms. The lowest BCUT2D eigenvalue weighted by molar-refractivity contribution is 0.149. The highest BCUT2D eigenvalue weighted by atomic mass is 35.5. The van der Waals surface area contributed by atoms with Crippen LogP contribution in [0.2, 0.25) is 5.02 Å². The maximum absolute atomic E-state index is 13.5. The molecule has 1 aliphatic carbocycles. The Balaban J connectivity index is 1.70. The number of hydrogen-bond donors (Lipinski definition) is 1. The average molecular weight is 284 g/mol. The van der Waals surface area contributed by atoms with Gasteiger partial charge in [0, 0.05) is 24.6 Å². The van der Waals surface area contributed by atoms with Gasteiger partial charge in [0.2, 0.25) is 0 Å². The van der Waals surface area contributed by atoms with Crippen molar-refractivity contribution in [1.29, 1.82) is 0 Å². The topological polar surface area (TPSA) is 21.3 Å². The van der Waals surface area contributed by atoms with Gasteiger partial charge in [0.15, 0.2) is 0 Å². The van der Waals surface area contributed by atoms with Crippen LogP contribution in [0.5, 0.6) is 0 Å². The van der Waals surface area contributed by atoms with Crippen LogP contribution >= 0.6 is 11.6 Å². The molecule has 1 atom stereocenters. The van der Waals surface area contributed by atoms with E-state index in [9.17, 15) is 4.39 Å². The fourth-order valence-electron chi connectivity index (χ4n) is 2.72. The average Bonchev–Trinajstić information content (AvgIpc) is 3.12. The molecule has 0 amide bonds. The Bertz CT molecular complexity index is 455. The lowest BCUT2D eigenvalue weighted by Crippen LogP contribution is -2.37. The van der Waals surface area contributed by atoms with Crippen LogP contribution in [-0.4, -0.2) is 25.8 Å². The molecule has 1 aliphatic heterocycles. The Labute approximate surface area is 118 Å². The maximum atomic E-state index is 13.5. The highest BCUT2D eigenvalue weighted by Gasteiger charge is 2.36. The fourth-order valence-corrected chi connectivity index (χ4v) is 2.84. The number of benzene rings is 1. The van der Waals surface area contributed by atoms with Gasteiger partial charge in [0.1, 0.15) is 5.82 Å². The number of halogens is 2. The van der Waals surface area contributed by atoms with E-state index in [1.807, 2.05) is 6.07 Å². The molecule has 2 aliphatic rings. The zero-order chi connectivity index (χ0) is 13.3. The summed E-state index contributed by atoms with van der Waals surface area (Å²) in [5.41, 5.74) is 1.12. The van der Waals surface area contributed by atoms with Gasteiger partial charge in [-0.3, -0.25) is 0 Å². The van der Waals surface area contributed by atoms with Crippen molar-refractivity contribution in [1.82, 2.24) is 5.32 Å². The molecule has 1 heterocycles. The van der Waals surface area contributed by atoms with Crippen molar-refractivity contribution in [3.63, 3.8) is 0 Å². The first-order valence-electron chi connectivity index (χ1n) is 6.92. The smallest absolute Gasteiger partial charge is 0.142 e. The van der Waals surface area contributed by atoms with Crippen molar-refractivity contribution in [2.45, 2.75) is 31.7 Å². The minimum absolute atomic E-state index is 0.114. The van der Waals surface area contributed by atoms with Gasteiger partial charge >= 0.3 is 0 Å². The first kappa shape index (κ1) is 13.3. The number of hydrogen-bond acceptors (Lipinski definition) is 2. The van der Waals surface area contributed by atoms with E-state index in [0.717, 1.165) is 38.2 Å². The van der Waals surface area contributed by atoms with Gasteiger partial charge in [-0.15, -0.1) is 0 Å². The Hall–Kier alpha value is -0.640. The molecular weight excluding hydrogens is 265 g/mol. The summed E-state index contributed by atoms with van der Waals surface area (Å²) in [6.45, 7) is 2.53. The predicted octanol–water partition coefficient (Wildman–Crippen LogP) is 3.18. The summed E-state index contributed by atoms with van der Waals surface area (Å²) in [5, 5.41) is 3.78. The molecule has 0 spiro atoms. The lowest BCUT2D eigenvalue weighted by Gasteiger charge is -2.28. The SMILES string of the molecule is Fc1cc(CC2(CNC3CC3)CCOC2)ccc1Cl. The summed E-state index contributed by atoms with van der Waals surface area (Å²) >= 11 is 5.73. The van der Waals surface area contributed by atoms with Crippen molar-refractivity contribution >= 4 is 11.6 Å². The van der Waals surface area contributed by atoms with E-state index in [2.05, 4.69) is 5.32 Å². The Morgan fingerprint density at radius 2 is 2.26 bits per heavy atom. The molecule has 104 valence electrons. The molecule has 19 heavy (non-hydrogen) atoms. The second-order valence-electron chi connectivity index (χ2n) is 5.88. The van der Waals surface area contributed by atoms with Crippen LogP contribution in [0, 0.1) is 11.2 Å². The van der Waals surface area contributed by atoms with Crippen LogP contribution in [0.25, 0.3) is 0 Å². The zero-order valence-electron chi connectivity index (χ0n) is 10.9. The van der Waals surface area contributed by atoms with Crippen LogP contribution in [0.3, 0.4) is 0 Å². The number of ether oxygens (including phenoxy) is 1. The molecular formula is C15H19ClFNO. The van der Waals surface area contributed by atoms with E-state index in [0.29, 0.717) is 6.04 Å². The van der Waals surface area contributed by atoms with Crippen molar-refractivity contribution in [2.75, 3.05) is 19.8 Å². The first-order chi connectivity index (χ1) is 9.17. The van der Waals surface area contributed by atoms with Crippen LogP contribution in [0.15, 0.2) is 18.2 Å². The summed E-state index contributed by atoms with van der Waals surface area (Å²) < 4.78 is 19.1. The number of rotatable bonds is 5. The van der Waals surface area contributed by atoms with E-state index in [-0.39, 0.29) is 16.3 Å². The van der Waals surface area contributed by atoms with Gasteiger partial charge in [-0.25, -0.2) is 4.39 Å². The summed E-state index contributed by atoms with van der Waals surface area (Å²) in [6, 6.07) is 5.81. The lowest BCUT2D eigenvalue weighted by atomic mass is 9.81. The van der Waals surface area contributed by atoms with Gasteiger partial charge in [0.25, 0.3) is 0 Å². The van der Waals surface area contributed by atoms with Crippen LogP contribution in [0.1, 0.15) is 24.8 Å². The highest BCUT2D eigenvalue weighted by molar-refractivity contribution is 6.30. The van der Waals surface area contributed by atoms with Crippen molar-refractivity contribution in [3.8, 4) is 0 Å². The van der Waals surface area contributed by atoms with Crippen LogP contribution in [0.4, 0.5) is 4.39 Å². The summed E-state index contributed by atoms with van der Waals surface area (Å²) in [6.07, 6.45) is 4.46. The summed E-state index contributed by atoms with van der Waals surface area (Å²) in [4.78, 5) is 0. The van der Waals surface area contributed by atoms with E-state index < -0.39 is 0 Å². The molecule has 1 saturated heterocycles. The molecule has 1 aromatic carbocycles. The maximum Gasteiger partial charge on any atom is 0.142 e. The minimum Gasteiger partial charge on any atom is -0.381 e. The van der Waals surface area contributed by atoms with E-state index in [4.69, 9.17) is 16.3 Å². The molecule has 2 fully saturated rings. The molecule has 2 nitrogen and oxygen atoms in total. The largest absolute Gasteiger partial charge is 0.381 e. The minimum atomic E-state index is -0.330. The van der Waals surface area contributed by atoms with Gasteiger partial charge in [-0.1, -0.05) is 17.7 Å². The second-order valence-corrected chi connectivity index (χ2v) is 6.29. The fraction of sp³-hybridized carbons (Fsp3) is 0.600. The second kappa shape index (κ2) is 5.39. The van der Waals surface area contributed by atoms with Gasteiger partial charge < -0.3 is 10.1 Å². The van der Waals surface area contributed by atoms with Crippen LogP contribution < -0.4 is 5.32 Å². The Kier molecular flexibility index (Phi) is 3.79. The van der Waals surface area contributed by atoms with Crippen molar-refractivity contribution in [2.24, 2.45) is 5.41 Å². The summed E-state index contributed by atoms with van der Waals surface area (Å²) in [5.74, 6) is -0.330. The van der Waals surface area contributed by atoms with Crippen molar-refractivity contribution in [3.05, 3.63) is 34.6 Å². The molecule has 1 saturated carbocycles. The third kappa shape index (κ3) is 3.28. The Morgan fingerprint density at radius 1 is 1.42 bits per heavy atom. The molecule has 3 rings (SSSR count). The standard InChI is InChI=1S/C15H19ClFNO/c16-13-4-1-11(7-14(13)17)8-15(5-6-19-10-15)9-18-12-2-3-12/h1,4,7,12,18H,2-3,5-6,8-10H2. The summed E-state index contributed by atoms with van der Waals surface area (Å²) in [7, 11) is 0. The molecule has 1 N–H and O–H groups in total. The highest BCUT2D eigenvalue weighted by Crippen LogP contribution is 2.34. The molecule has 1 aromatic rings. The molecule has 1 unspecified atom stereocenters. The quantitative estimate of drug-likeness (QED) is 0.896. The van der Waals surface area contributed by atoms with E-state index >= 15 is 0 Å². The first-order valence-corrected chi connectivity index (χ1v) is 7.30. The van der Waals surface area contributed by atoms with Crippen LogP contribution in [-0.2, 0) is 11.2 Å². The predicted molar refractivity (Wildman–Crippen MR) is 74.0 cm³/mol. The van der Waals surface area contributed by atoms with E-state index in [1.54, 1.807) is 12.1 Å². The van der Waals surface area contributed by atoms with Gasteiger partial charge in [-0.05, 0) is 43.4 Å². The van der Waals surface area contributed by atoms with Crippen molar-refractivity contribution < 1.29 is 9.13 Å². The van der Waals surface area contributed by atoms with Gasteiger partial charge in [0.05, 0.1) is 11.6 Å². The molecule has 0 aromatic heterocycles. The number of nitrogens with one attached hydrogen (secondary N) is 1. The van der Waals surface area contributed by atoms with Gasteiger partial charge in [-0.2, -0.15) is 0 Å². The Morgan fingerprint density at radius 3 is 2.89 bits per heavy atom. The van der Waals surface area contributed by atoms with E-state index in [1.165, 1.54) is 12.8 Å². The normalized spacial score (nSPS) is 26.8. The molecule has 0 radical (unpaired) electrons. The third-order valence-electron chi connectivity index (χ3n) is 4.09.